The molecule has 0 atom stereocenters. The van der Waals surface area contributed by atoms with E-state index < -0.39 is 0 Å². The van der Waals surface area contributed by atoms with Gasteiger partial charge in [0.1, 0.15) is 11.4 Å². The van der Waals surface area contributed by atoms with E-state index in [0.29, 0.717) is 6.54 Å². The maximum Gasteiger partial charge on any atom is 0.117 e. The minimum absolute atomic E-state index is 0.124. The van der Waals surface area contributed by atoms with Crippen molar-refractivity contribution in [2.75, 3.05) is 6.61 Å². The Balaban J connectivity index is 2.14. The van der Waals surface area contributed by atoms with E-state index >= 15 is 0 Å². The van der Waals surface area contributed by atoms with E-state index in [-0.39, 0.29) is 12.1 Å². The number of benzene rings is 1. The Labute approximate surface area is 119 Å². The van der Waals surface area contributed by atoms with E-state index in [4.69, 9.17) is 0 Å². The standard InChI is InChI=1S/C15H22N4O/c1-3-15(4-2,11-20)16-10-13-14(18-19-17-13)12-8-6-5-7-9-12/h5-9,16,20H,3-4,10-11H2,1-2H3,(H,17,18,19). The summed E-state index contributed by atoms with van der Waals surface area (Å²) in [5.74, 6) is 0. The molecule has 5 heteroatoms. The van der Waals surface area contributed by atoms with Crippen molar-refractivity contribution in [2.45, 2.75) is 38.8 Å². The van der Waals surface area contributed by atoms with Gasteiger partial charge in [-0.2, -0.15) is 15.4 Å². The number of H-pyrrole nitrogens is 1. The first-order chi connectivity index (χ1) is 9.74. The summed E-state index contributed by atoms with van der Waals surface area (Å²) in [5.41, 5.74) is 2.53. The second-order valence-corrected chi connectivity index (χ2v) is 4.98. The first-order valence-electron chi connectivity index (χ1n) is 7.05. The average Bonchev–Trinajstić information content (AvgIpc) is 2.99. The lowest BCUT2D eigenvalue weighted by molar-refractivity contribution is 0.149. The molecule has 0 bridgehead atoms. The molecule has 2 aromatic rings. The number of aromatic nitrogens is 3. The fourth-order valence-corrected chi connectivity index (χ4v) is 2.25. The van der Waals surface area contributed by atoms with Gasteiger partial charge >= 0.3 is 0 Å². The molecule has 20 heavy (non-hydrogen) atoms. The number of nitrogens with one attached hydrogen (secondary N) is 2. The van der Waals surface area contributed by atoms with E-state index in [1.54, 1.807) is 0 Å². The van der Waals surface area contributed by atoms with Crippen molar-refractivity contribution >= 4 is 0 Å². The quantitative estimate of drug-likeness (QED) is 0.723. The van der Waals surface area contributed by atoms with E-state index in [9.17, 15) is 5.11 Å². The van der Waals surface area contributed by atoms with E-state index in [2.05, 4.69) is 34.6 Å². The van der Waals surface area contributed by atoms with Crippen molar-refractivity contribution in [3.63, 3.8) is 0 Å². The molecule has 0 spiro atoms. The molecule has 0 fully saturated rings. The molecule has 1 aromatic carbocycles. The van der Waals surface area contributed by atoms with Crippen molar-refractivity contribution in [3.05, 3.63) is 36.0 Å². The van der Waals surface area contributed by atoms with Gasteiger partial charge in [0.05, 0.1) is 6.61 Å². The maximum absolute atomic E-state index is 9.59. The third-order valence-corrected chi connectivity index (χ3v) is 3.95. The fraction of sp³-hybridized carbons (Fsp3) is 0.467. The summed E-state index contributed by atoms with van der Waals surface area (Å²) in [4.78, 5) is 0. The topological polar surface area (TPSA) is 73.8 Å². The predicted octanol–water partition coefficient (Wildman–Crippen LogP) is 2.11. The zero-order valence-electron chi connectivity index (χ0n) is 12.1. The number of rotatable bonds is 7. The smallest absolute Gasteiger partial charge is 0.117 e. The van der Waals surface area contributed by atoms with Gasteiger partial charge in [0, 0.05) is 17.6 Å². The van der Waals surface area contributed by atoms with Crippen LogP contribution in [0.25, 0.3) is 11.3 Å². The number of hydrogen-bond acceptors (Lipinski definition) is 4. The number of aromatic amines is 1. The summed E-state index contributed by atoms with van der Waals surface area (Å²) < 4.78 is 0. The second kappa shape index (κ2) is 6.63. The van der Waals surface area contributed by atoms with Crippen LogP contribution in [0.1, 0.15) is 32.4 Å². The largest absolute Gasteiger partial charge is 0.394 e. The van der Waals surface area contributed by atoms with Crippen LogP contribution in [-0.2, 0) is 6.54 Å². The first-order valence-corrected chi connectivity index (χ1v) is 7.05. The van der Waals surface area contributed by atoms with Gasteiger partial charge in [-0.25, -0.2) is 0 Å². The third-order valence-electron chi connectivity index (χ3n) is 3.95. The van der Waals surface area contributed by atoms with Crippen LogP contribution in [0.2, 0.25) is 0 Å². The van der Waals surface area contributed by atoms with Crippen LogP contribution in [0.15, 0.2) is 30.3 Å². The van der Waals surface area contributed by atoms with Crippen molar-refractivity contribution in [1.29, 1.82) is 0 Å². The average molecular weight is 274 g/mol. The number of aliphatic hydroxyl groups is 1. The van der Waals surface area contributed by atoms with Crippen molar-refractivity contribution in [2.24, 2.45) is 0 Å². The van der Waals surface area contributed by atoms with Crippen LogP contribution in [0.5, 0.6) is 0 Å². The molecule has 2 rings (SSSR count). The molecular weight excluding hydrogens is 252 g/mol. The van der Waals surface area contributed by atoms with Crippen LogP contribution in [0.3, 0.4) is 0 Å². The van der Waals surface area contributed by atoms with Gasteiger partial charge in [-0.05, 0) is 12.8 Å². The zero-order chi connectivity index (χ0) is 14.4. The highest BCUT2D eigenvalue weighted by atomic mass is 16.3. The van der Waals surface area contributed by atoms with E-state index in [0.717, 1.165) is 29.8 Å². The Morgan fingerprint density at radius 1 is 1.15 bits per heavy atom. The highest BCUT2D eigenvalue weighted by Crippen LogP contribution is 2.20. The molecule has 0 amide bonds. The molecule has 108 valence electrons. The number of aliphatic hydroxyl groups excluding tert-OH is 1. The van der Waals surface area contributed by atoms with Gasteiger partial charge in [-0.3, -0.25) is 0 Å². The molecule has 0 aliphatic heterocycles. The Morgan fingerprint density at radius 3 is 2.45 bits per heavy atom. The van der Waals surface area contributed by atoms with Gasteiger partial charge in [-0.1, -0.05) is 44.2 Å². The van der Waals surface area contributed by atoms with Gasteiger partial charge < -0.3 is 10.4 Å². The summed E-state index contributed by atoms with van der Waals surface area (Å²) in [6, 6.07) is 9.97. The van der Waals surface area contributed by atoms with Gasteiger partial charge in [0.15, 0.2) is 0 Å². The Morgan fingerprint density at radius 2 is 1.85 bits per heavy atom. The molecule has 0 aliphatic carbocycles. The Bertz CT molecular complexity index is 511. The SMILES string of the molecule is CCC(CC)(CO)NCc1n[nH]nc1-c1ccccc1. The number of hydrogen-bond donors (Lipinski definition) is 3. The lowest BCUT2D eigenvalue weighted by Crippen LogP contribution is -2.47. The molecule has 5 nitrogen and oxygen atoms in total. The maximum atomic E-state index is 9.59. The van der Waals surface area contributed by atoms with Gasteiger partial charge in [0.25, 0.3) is 0 Å². The predicted molar refractivity (Wildman–Crippen MR) is 79.1 cm³/mol. The lowest BCUT2D eigenvalue weighted by atomic mass is 9.93. The summed E-state index contributed by atoms with van der Waals surface area (Å²) in [6.07, 6.45) is 1.75. The molecule has 0 saturated heterocycles. The van der Waals surface area contributed by atoms with Crippen LogP contribution < -0.4 is 5.32 Å². The van der Waals surface area contributed by atoms with Crippen molar-refractivity contribution in [1.82, 2.24) is 20.7 Å². The van der Waals surface area contributed by atoms with Crippen LogP contribution in [0, 0.1) is 0 Å². The molecule has 0 aliphatic rings. The highest BCUT2D eigenvalue weighted by molar-refractivity contribution is 5.60. The lowest BCUT2D eigenvalue weighted by Gasteiger charge is -2.30. The molecule has 0 saturated carbocycles. The summed E-state index contributed by atoms with van der Waals surface area (Å²) in [5, 5.41) is 24.1. The Hall–Kier alpha value is -1.72. The summed E-state index contributed by atoms with van der Waals surface area (Å²) in [6.45, 7) is 4.86. The fourth-order valence-electron chi connectivity index (χ4n) is 2.25. The minimum atomic E-state index is -0.243. The monoisotopic (exact) mass is 274 g/mol. The van der Waals surface area contributed by atoms with E-state index in [1.165, 1.54) is 0 Å². The van der Waals surface area contributed by atoms with Crippen molar-refractivity contribution in [3.8, 4) is 11.3 Å². The normalized spacial score (nSPS) is 11.8. The summed E-state index contributed by atoms with van der Waals surface area (Å²) in [7, 11) is 0. The number of nitrogens with zero attached hydrogens (tertiary/aromatic N) is 2. The second-order valence-electron chi connectivity index (χ2n) is 4.98. The molecule has 1 aromatic heterocycles. The first kappa shape index (κ1) is 14.7. The molecule has 3 N–H and O–H groups in total. The van der Waals surface area contributed by atoms with Gasteiger partial charge in [0.2, 0.25) is 0 Å². The van der Waals surface area contributed by atoms with Crippen LogP contribution >= 0.6 is 0 Å². The highest BCUT2D eigenvalue weighted by Gasteiger charge is 2.25. The van der Waals surface area contributed by atoms with Crippen molar-refractivity contribution < 1.29 is 5.11 Å². The summed E-state index contributed by atoms with van der Waals surface area (Å²) >= 11 is 0. The third kappa shape index (κ3) is 3.05. The van der Waals surface area contributed by atoms with Crippen LogP contribution in [-0.4, -0.2) is 32.7 Å². The zero-order valence-corrected chi connectivity index (χ0v) is 12.1. The van der Waals surface area contributed by atoms with Crippen LogP contribution in [0.4, 0.5) is 0 Å². The molecule has 0 unspecified atom stereocenters. The molecular formula is C15H22N4O. The molecule has 1 heterocycles. The van der Waals surface area contributed by atoms with Gasteiger partial charge in [-0.15, -0.1) is 0 Å². The van der Waals surface area contributed by atoms with E-state index in [1.807, 2.05) is 30.3 Å². The minimum Gasteiger partial charge on any atom is -0.394 e. The molecule has 0 radical (unpaired) electrons. The Kier molecular flexibility index (Phi) is 4.87.